The number of nitrogens with zero attached hydrogens (tertiary/aromatic N) is 2. The Morgan fingerprint density at radius 2 is 2.29 bits per heavy atom. The Labute approximate surface area is 104 Å². The number of rotatable bonds is 7. The molecule has 96 valence electrons. The summed E-state index contributed by atoms with van der Waals surface area (Å²) in [7, 11) is 1.73. The van der Waals surface area contributed by atoms with E-state index in [1.54, 1.807) is 7.11 Å². The summed E-state index contributed by atoms with van der Waals surface area (Å²) in [6, 6.07) is 0.300. The molecule has 0 aromatic carbocycles. The molecule has 1 unspecified atom stereocenters. The predicted molar refractivity (Wildman–Crippen MR) is 71.4 cm³/mol. The number of aromatic nitrogens is 2. The van der Waals surface area contributed by atoms with Crippen molar-refractivity contribution >= 4 is 5.95 Å². The zero-order valence-corrected chi connectivity index (χ0v) is 11.2. The molecule has 1 N–H and O–H groups in total. The minimum Gasteiger partial charge on any atom is -0.383 e. The standard InChI is InChI=1S/C13H23N3O/c1-6-7-14-13-15-11(4)8-16(13)12(9-17-5)10(2)3/h6,8,10,12H,1,7,9H2,2-5H3,(H,14,15). The molecular formula is C13H23N3O. The van der Waals surface area contributed by atoms with Crippen LogP contribution >= 0.6 is 0 Å². The maximum Gasteiger partial charge on any atom is 0.203 e. The summed E-state index contributed by atoms with van der Waals surface area (Å²) in [4.78, 5) is 4.48. The molecule has 1 aromatic heterocycles. The summed E-state index contributed by atoms with van der Waals surface area (Å²) >= 11 is 0. The molecule has 1 heterocycles. The van der Waals surface area contributed by atoms with E-state index in [9.17, 15) is 0 Å². The minimum absolute atomic E-state index is 0.300. The van der Waals surface area contributed by atoms with Crippen molar-refractivity contribution in [2.24, 2.45) is 5.92 Å². The topological polar surface area (TPSA) is 39.1 Å². The van der Waals surface area contributed by atoms with Crippen LogP contribution in [-0.4, -0.2) is 29.8 Å². The fourth-order valence-corrected chi connectivity index (χ4v) is 1.83. The zero-order chi connectivity index (χ0) is 12.8. The normalized spacial score (nSPS) is 12.8. The first-order valence-corrected chi connectivity index (χ1v) is 5.99. The Hall–Kier alpha value is -1.29. The number of nitrogens with one attached hydrogen (secondary N) is 1. The van der Waals surface area contributed by atoms with E-state index >= 15 is 0 Å². The van der Waals surface area contributed by atoms with Crippen molar-refractivity contribution in [3.8, 4) is 0 Å². The third kappa shape index (κ3) is 3.60. The second-order valence-electron chi connectivity index (χ2n) is 4.55. The number of hydrogen-bond acceptors (Lipinski definition) is 3. The Kier molecular flexibility index (Phi) is 5.22. The average molecular weight is 237 g/mol. The lowest BCUT2D eigenvalue weighted by Gasteiger charge is -2.23. The highest BCUT2D eigenvalue weighted by atomic mass is 16.5. The first kappa shape index (κ1) is 13.8. The van der Waals surface area contributed by atoms with E-state index in [-0.39, 0.29) is 0 Å². The number of imidazole rings is 1. The van der Waals surface area contributed by atoms with Gasteiger partial charge in [-0.1, -0.05) is 19.9 Å². The van der Waals surface area contributed by atoms with Gasteiger partial charge in [0.15, 0.2) is 0 Å². The van der Waals surface area contributed by atoms with Crippen LogP contribution in [0.2, 0.25) is 0 Å². The molecule has 1 aromatic rings. The van der Waals surface area contributed by atoms with Gasteiger partial charge in [-0.15, -0.1) is 6.58 Å². The number of aryl methyl sites for hydroxylation is 1. The van der Waals surface area contributed by atoms with Crippen LogP contribution in [0.25, 0.3) is 0 Å². The van der Waals surface area contributed by atoms with E-state index in [0.29, 0.717) is 25.1 Å². The van der Waals surface area contributed by atoms with Crippen LogP contribution in [0.3, 0.4) is 0 Å². The molecular weight excluding hydrogens is 214 g/mol. The summed E-state index contributed by atoms with van der Waals surface area (Å²) in [5.74, 6) is 1.38. The van der Waals surface area contributed by atoms with Crippen molar-refractivity contribution in [2.75, 3.05) is 25.6 Å². The fourth-order valence-electron chi connectivity index (χ4n) is 1.83. The maximum atomic E-state index is 5.29. The van der Waals surface area contributed by atoms with E-state index in [0.717, 1.165) is 11.6 Å². The van der Waals surface area contributed by atoms with Gasteiger partial charge in [0.25, 0.3) is 0 Å². The van der Waals surface area contributed by atoms with E-state index in [2.05, 4.69) is 41.5 Å². The zero-order valence-electron chi connectivity index (χ0n) is 11.2. The molecule has 4 nitrogen and oxygen atoms in total. The highest BCUT2D eigenvalue weighted by molar-refractivity contribution is 5.30. The average Bonchev–Trinajstić information content (AvgIpc) is 2.63. The predicted octanol–water partition coefficient (Wildman–Crippen LogP) is 2.63. The summed E-state index contributed by atoms with van der Waals surface area (Å²) in [5.41, 5.74) is 1.01. The molecule has 0 aliphatic heterocycles. The summed E-state index contributed by atoms with van der Waals surface area (Å²) in [6.45, 7) is 11.5. The summed E-state index contributed by atoms with van der Waals surface area (Å²) in [5, 5.41) is 3.26. The molecule has 17 heavy (non-hydrogen) atoms. The molecule has 1 atom stereocenters. The Balaban J connectivity index is 2.95. The van der Waals surface area contributed by atoms with Gasteiger partial charge in [0, 0.05) is 19.9 Å². The Morgan fingerprint density at radius 1 is 1.59 bits per heavy atom. The molecule has 0 saturated heterocycles. The smallest absolute Gasteiger partial charge is 0.203 e. The van der Waals surface area contributed by atoms with Gasteiger partial charge in [-0.3, -0.25) is 0 Å². The maximum absolute atomic E-state index is 5.29. The van der Waals surface area contributed by atoms with Crippen LogP contribution in [0.4, 0.5) is 5.95 Å². The van der Waals surface area contributed by atoms with Crippen molar-refractivity contribution < 1.29 is 4.74 Å². The van der Waals surface area contributed by atoms with E-state index in [4.69, 9.17) is 4.74 Å². The van der Waals surface area contributed by atoms with Crippen LogP contribution in [0, 0.1) is 12.8 Å². The van der Waals surface area contributed by atoms with E-state index in [1.807, 2.05) is 13.0 Å². The van der Waals surface area contributed by atoms with Gasteiger partial charge in [0.1, 0.15) is 0 Å². The second-order valence-corrected chi connectivity index (χ2v) is 4.55. The lowest BCUT2D eigenvalue weighted by Crippen LogP contribution is -2.21. The Morgan fingerprint density at radius 3 is 2.82 bits per heavy atom. The third-order valence-corrected chi connectivity index (χ3v) is 2.72. The van der Waals surface area contributed by atoms with E-state index in [1.165, 1.54) is 0 Å². The largest absolute Gasteiger partial charge is 0.383 e. The van der Waals surface area contributed by atoms with Gasteiger partial charge in [-0.05, 0) is 12.8 Å². The van der Waals surface area contributed by atoms with Gasteiger partial charge in [-0.2, -0.15) is 0 Å². The van der Waals surface area contributed by atoms with Crippen LogP contribution in [0.1, 0.15) is 25.6 Å². The molecule has 0 amide bonds. The molecule has 0 radical (unpaired) electrons. The first-order valence-electron chi connectivity index (χ1n) is 5.99. The quantitative estimate of drug-likeness (QED) is 0.741. The van der Waals surface area contributed by atoms with Gasteiger partial charge in [0.2, 0.25) is 5.95 Å². The number of anilines is 1. The number of ether oxygens (including phenoxy) is 1. The van der Waals surface area contributed by atoms with Crippen molar-refractivity contribution in [1.82, 2.24) is 9.55 Å². The minimum atomic E-state index is 0.300. The summed E-state index contributed by atoms with van der Waals surface area (Å²) in [6.07, 6.45) is 3.89. The SMILES string of the molecule is C=CCNc1nc(C)cn1C(COC)C(C)C. The van der Waals surface area contributed by atoms with Crippen molar-refractivity contribution in [3.63, 3.8) is 0 Å². The number of methoxy groups -OCH3 is 1. The number of hydrogen-bond donors (Lipinski definition) is 1. The summed E-state index contributed by atoms with van der Waals surface area (Å²) < 4.78 is 7.45. The molecule has 0 saturated carbocycles. The lowest BCUT2D eigenvalue weighted by atomic mass is 10.1. The van der Waals surface area contributed by atoms with E-state index < -0.39 is 0 Å². The highest BCUT2D eigenvalue weighted by Gasteiger charge is 2.19. The van der Waals surface area contributed by atoms with Gasteiger partial charge in [-0.25, -0.2) is 4.98 Å². The van der Waals surface area contributed by atoms with Gasteiger partial charge >= 0.3 is 0 Å². The van der Waals surface area contributed by atoms with Gasteiger partial charge in [0.05, 0.1) is 18.3 Å². The molecule has 0 spiro atoms. The monoisotopic (exact) mass is 237 g/mol. The molecule has 0 aliphatic rings. The van der Waals surface area contributed by atoms with Gasteiger partial charge < -0.3 is 14.6 Å². The van der Waals surface area contributed by atoms with Crippen molar-refractivity contribution in [2.45, 2.75) is 26.8 Å². The van der Waals surface area contributed by atoms with Crippen LogP contribution in [-0.2, 0) is 4.74 Å². The fraction of sp³-hybridized carbons (Fsp3) is 0.615. The molecule has 0 fully saturated rings. The molecule has 1 rings (SSSR count). The molecule has 0 aliphatic carbocycles. The second kappa shape index (κ2) is 6.45. The molecule has 4 heteroatoms. The third-order valence-electron chi connectivity index (χ3n) is 2.72. The lowest BCUT2D eigenvalue weighted by molar-refractivity contribution is 0.134. The van der Waals surface area contributed by atoms with Crippen molar-refractivity contribution in [1.29, 1.82) is 0 Å². The van der Waals surface area contributed by atoms with Crippen LogP contribution < -0.4 is 5.32 Å². The Bertz CT molecular complexity index is 358. The molecule has 0 bridgehead atoms. The van der Waals surface area contributed by atoms with Crippen molar-refractivity contribution in [3.05, 3.63) is 24.5 Å². The highest BCUT2D eigenvalue weighted by Crippen LogP contribution is 2.23. The van der Waals surface area contributed by atoms with Crippen LogP contribution in [0.5, 0.6) is 0 Å². The van der Waals surface area contributed by atoms with Crippen LogP contribution in [0.15, 0.2) is 18.9 Å². The first-order chi connectivity index (χ1) is 8.10.